The summed E-state index contributed by atoms with van der Waals surface area (Å²) in [5.74, 6) is 0.923. The van der Waals surface area contributed by atoms with Crippen molar-refractivity contribution in [2.45, 2.75) is 69.7 Å². The second-order valence-corrected chi connectivity index (χ2v) is 5.91. The first-order valence-electron chi connectivity index (χ1n) is 7.28. The molecule has 2 fully saturated rings. The third kappa shape index (κ3) is 3.44. The molecule has 0 aromatic heterocycles. The number of nitrogens with two attached hydrogens (primary N) is 1. The Morgan fingerprint density at radius 1 is 1.12 bits per heavy atom. The van der Waals surface area contributed by atoms with Gasteiger partial charge in [-0.3, -0.25) is 4.79 Å². The molecule has 0 spiro atoms. The first kappa shape index (κ1) is 12.9. The molecule has 3 heteroatoms. The van der Waals surface area contributed by atoms with Crippen molar-refractivity contribution < 1.29 is 4.79 Å². The van der Waals surface area contributed by atoms with Gasteiger partial charge in [-0.05, 0) is 25.2 Å². The Bertz CT molecular complexity index is 253. The van der Waals surface area contributed by atoms with Crippen molar-refractivity contribution in [2.75, 3.05) is 6.54 Å². The molecule has 1 amide bonds. The van der Waals surface area contributed by atoms with Crippen LogP contribution in [0.15, 0.2) is 0 Å². The molecule has 3 N–H and O–H groups in total. The van der Waals surface area contributed by atoms with Crippen LogP contribution >= 0.6 is 0 Å². The monoisotopic (exact) mass is 238 g/mol. The van der Waals surface area contributed by atoms with Crippen LogP contribution in [0.4, 0.5) is 0 Å². The van der Waals surface area contributed by atoms with Crippen LogP contribution in [-0.2, 0) is 4.79 Å². The molecule has 3 nitrogen and oxygen atoms in total. The zero-order valence-corrected chi connectivity index (χ0v) is 10.8. The zero-order chi connectivity index (χ0) is 12.1. The summed E-state index contributed by atoms with van der Waals surface area (Å²) < 4.78 is 0. The van der Waals surface area contributed by atoms with E-state index in [0.717, 1.165) is 44.6 Å². The summed E-state index contributed by atoms with van der Waals surface area (Å²) in [7, 11) is 0. The highest BCUT2D eigenvalue weighted by atomic mass is 16.2. The van der Waals surface area contributed by atoms with Gasteiger partial charge in [0.05, 0.1) is 5.54 Å². The lowest BCUT2D eigenvalue weighted by Crippen LogP contribution is -2.52. The molecule has 0 saturated heterocycles. The summed E-state index contributed by atoms with van der Waals surface area (Å²) in [5.41, 5.74) is 5.56. The van der Waals surface area contributed by atoms with E-state index in [1.165, 1.54) is 32.1 Å². The first-order chi connectivity index (χ1) is 8.21. The van der Waals surface area contributed by atoms with E-state index in [0.29, 0.717) is 0 Å². The Balaban J connectivity index is 1.65. The fourth-order valence-corrected chi connectivity index (χ4v) is 3.27. The van der Waals surface area contributed by atoms with E-state index in [4.69, 9.17) is 5.73 Å². The van der Waals surface area contributed by atoms with E-state index in [9.17, 15) is 4.79 Å². The second-order valence-electron chi connectivity index (χ2n) is 5.91. The SMILES string of the molecule is NC1(C(=O)NCCC2CCCCC2)CCCC1. The van der Waals surface area contributed by atoms with Crippen LogP contribution < -0.4 is 11.1 Å². The highest BCUT2D eigenvalue weighted by Gasteiger charge is 2.36. The quantitative estimate of drug-likeness (QED) is 0.790. The standard InChI is InChI=1S/C14H26N2O/c15-14(9-4-5-10-14)13(17)16-11-8-12-6-2-1-3-7-12/h12H,1-11,15H2,(H,16,17). The molecule has 0 aliphatic heterocycles. The normalized spacial score (nSPS) is 24.8. The predicted octanol–water partition coefficient (Wildman–Crippen LogP) is 2.34. The molecule has 0 aromatic carbocycles. The Morgan fingerprint density at radius 2 is 1.76 bits per heavy atom. The van der Waals surface area contributed by atoms with Gasteiger partial charge in [-0.15, -0.1) is 0 Å². The van der Waals surface area contributed by atoms with Crippen molar-refractivity contribution in [1.29, 1.82) is 0 Å². The number of amides is 1. The van der Waals surface area contributed by atoms with E-state index >= 15 is 0 Å². The number of carbonyl (C=O) groups excluding carboxylic acids is 1. The topological polar surface area (TPSA) is 55.1 Å². The Hall–Kier alpha value is -0.570. The zero-order valence-electron chi connectivity index (χ0n) is 10.8. The van der Waals surface area contributed by atoms with Gasteiger partial charge in [-0.1, -0.05) is 44.9 Å². The second kappa shape index (κ2) is 5.85. The minimum atomic E-state index is -0.549. The molecule has 2 aliphatic rings. The van der Waals surface area contributed by atoms with E-state index in [1.807, 2.05) is 0 Å². The largest absolute Gasteiger partial charge is 0.354 e. The summed E-state index contributed by atoms with van der Waals surface area (Å²) in [6.07, 6.45) is 11.9. The van der Waals surface area contributed by atoms with Crippen molar-refractivity contribution in [3.8, 4) is 0 Å². The van der Waals surface area contributed by atoms with Crippen LogP contribution in [0.5, 0.6) is 0 Å². The number of carbonyl (C=O) groups is 1. The highest BCUT2D eigenvalue weighted by Crippen LogP contribution is 2.28. The number of nitrogens with one attached hydrogen (secondary N) is 1. The fourth-order valence-electron chi connectivity index (χ4n) is 3.27. The highest BCUT2D eigenvalue weighted by molar-refractivity contribution is 5.86. The van der Waals surface area contributed by atoms with Crippen LogP contribution in [0.25, 0.3) is 0 Å². The molecule has 98 valence electrons. The Kier molecular flexibility index (Phi) is 4.43. The summed E-state index contributed by atoms with van der Waals surface area (Å²) in [6.45, 7) is 0.822. The Labute approximate surface area is 105 Å². The van der Waals surface area contributed by atoms with Crippen LogP contribution in [-0.4, -0.2) is 18.0 Å². The smallest absolute Gasteiger partial charge is 0.240 e. The van der Waals surface area contributed by atoms with Crippen molar-refractivity contribution in [1.82, 2.24) is 5.32 Å². The maximum absolute atomic E-state index is 12.0. The van der Waals surface area contributed by atoms with Crippen LogP contribution in [0.3, 0.4) is 0 Å². The van der Waals surface area contributed by atoms with Gasteiger partial charge in [0, 0.05) is 6.54 Å². The van der Waals surface area contributed by atoms with Crippen LogP contribution in [0.1, 0.15) is 64.2 Å². The molecule has 0 atom stereocenters. The predicted molar refractivity (Wildman–Crippen MR) is 69.6 cm³/mol. The average molecular weight is 238 g/mol. The van der Waals surface area contributed by atoms with E-state index in [-0.39, 0.29) is 5.91 Å². The first-order valence-corrected chi connectivity index (χ1v) is 7.28. The van der Waals surface area contributed by atoms with Crippen molar-refractivity contribution in [2.24, 2.45) is 11.7 Å². The van der Waals surface area contributed by atoms with Crippen LogP contribution in [0, 0.1) is 5.92 Å². The van der Waals surface area contributed by atoms with E-state index in [1.54, 1.807) is 0 Å². The van der Waals surface area contributed by atoms with Gasteiger partial charge in [0.15, 0.2) is 0 Å². The molecule has 0 heterocycles. The lowest BCUT2D eigenvalue weighted by Gasteiger charge is -2.24. The molecule has 2 saturated carbocycles. The van der Waals surface area contributed by atoms with Gasteiger partial charge in [0.1, 0.15) is 0 Å². The summed E-state index contributed by atoms with van der Waals surface area (Å²) in [6, 6.07) is 0. The van der Waals surface area contributed by atoms with Gasteiger partial charge in [-0.2, -0.15) is 0 Å². The molecular weight excluding hydrogens is 212 g/mol. The summed E-state index contributed by atoms with van der Waals surface area (Å²) in [5, 5.41) is 3.05. The van der Waals surface area contributed by atoms with Gasteiger partial charge >= 0.3 is 0 Å². The third-order valence-electron chi connectivity index (χ3n) is 4.51. The third-order valence-corrected chi connectivity index (χ3v) is 4.51. The number of hydrogen-bond donors (Lipinski definition) is 2. The van der Waals surface area contributed by atoms with E-state index < -0.39 is 5.54 Å². The molecule has 0 bridgehead atoms. The van der Waals surface area contributed by atoms with Gasteiger partial charge in [-0.25, -0.2) is 0 Å². The van der Waals surface area contributed by atoms with Crippen molar-refractivity contribution >= 4 is 5.91 Å². The fraction of sp³-hybridized carbons (Fsp3) is 0.929. The van der Waals surface area contributed by atoms with Crippen molar-refractivity contribution in [3.05, 3.63) is 0 Å². The van der Waals surface area contributed by atoms with Crippen LogP contribution in [0.2, 0.25) is 0 Å². The minimum absolute atomic E-state index is 0.0887. The van der Waals surface area contributed by atoms with Gasteiger partial charge < -0.3 is 11.1 Å². The van der Waals surface area contributed by atoms with Gasteiger partial charge in [0.2, 0.25) is 5.91 Å². The lowest BCUT2D eigenvalue weighted by atomic mass is 9.87. The summed E-state index contributed by atoms with van der Waals surface area (Å²) >= 11 is 0. The molecule has 17 heavy (non-hydrogen) atoms. The molecule has 2 rings (SSSR count). The number of hydrogen-bond acceptors (Lipinski definition) is 2. The van der Waals surface area contributed by atoms with E-state index in [2.05, 4.69) is 5.32 Å². The minimum Gasteiger partial charge on any atom is -0.354 e. The Morgan fingerprint density at radius 3 is 2.41 bits per heavy atom. The molecule has 0 aromatic rings. The molecular formula is C14H26N2O. The van der Waals surface area contributed by atoms with Crippen molar-refractivity contribution in [3.63, 3.8) is 0 Å². The maximum atomic E-state index is 12.0. The molecule has 0 unspecified atom stereocenters. The number of rotatable bonds is 4. The summed E-state index contributed by atoms with van der Waals surface area (Å²) in [4.78, 5) is 12.0. The lowest BCUT2D eigenvalue weighted by molar-refractivity contribution is -0.126. The van der Waals surface area contributed by atoms with Gasteiger partial charge in [0.25, 0.3) is 0 Å². The average Bonchev–Trinajstić information content (AvgIpc) is 2.79. The molecule has 2 aliphatic carbocycles. The molecule has 0 radical (unpaired) electrons. The maximum Gasteiger partial charge on any atom is 0.240 e.